The third-order valence-electron chi connectivity index (χ3n) is 3.93. The van der Waals surface area contributed by atoms with Crippen molar-refractivity contribution >= 4 is 5.71 Å². The lowest BCUT2D eigenvalue weighted by Gasteiger charge is -2.35. The minimum Gasteiger partial charge on any atom is -0.304 e. The number of allylic oxidation sites excluding steroid dienone is 1. The first kappa shape index (κ1) is 14.0. The fourth-order valence-corrected chi connectivity index (χ4v) is 3.28. The van der Waals surface area contributed by atoms with E-state index in [1.807, 2.05) is 6.07 Å². The molecule has 102 valence electrons. The molecular formula is C18H25N. The molecule has 1 nitrogen and oxygen atoms in total. The van der Waals surface area contributed by atoms with E-state index in [-0.39, 0.29) is 11.3 Å². The third-order valence-corrected chi connectivity index (χ3v) is 3.93. The number of benzene rings is 1. The number of rotatable bonds is 2. The van der Waals surface area contributed by atoms with Gasteiger partial charge in [0.25, 0.3) is 0 Å². The van der Waals surface area contributed by atoms with Crippen molar-refractivity contribution in [1.82, 2.24) is 0 Å². The summed E-state index contributed by atoms with van der Waals surface area (Å²) in [6.45, 7) is 13.3. The second kappa shape index (κ2) is 4.96. The second-order valence-corrected chi connectivity index (χ2v) is 7.13. The molecular weight excluding hydrogens is 230 g/mol. The molecule has 0 fully saturated rings. The van der Waals surface area contributed by atoms with Crippen LogP contribution in [0.25, 0.3) is 0 Å². The van der Waals surface area contributed by atoms with Gasteiger partial charge in [0.2, 0.25) is 0 Å². The molecule has 0 aromatic heterocycles. The van der Waals surface area contributed by atoms with Crippen molar-refractivity contribution in [1.29, 1.82) is 5.41 Å². The molecule has 1 N–H and O–H groups in total. The van der Waals surface area contributed by atoms with Crippen LogP contribution in [0.5, 0.6) is 0 Å². The first-order chi connectivity index (χ1) is 8.79. The zero-order valence-corrected chi connectivity index (χ0v) is 12.6. The maximum absolute atomic E-state index is 8.54. The number of hydrogen-bond donors (Lipinski definition) is 1. The molecule has 1 aliphatic carbocycles. The lowest BCUT2D eigenvalue weighted by atomic mass is 9.69. The molecule has 0 aliphatic heterocycles. The Balaban J connectivity index is 2.29. The van der Waals surface area contributed by atoms with E-state index in [0.29, 0.717) is 5.92 Å². The molecule has 1 heteroatoms. The quantitative estimate of drug-likeness (QED) is 0.730. The van der Waals surface area contributed by atoms with Crippen LogP contribution in [0.15, 0.2) is 36.4 Å². The predicted molar refractivity (Wildman–Crippen MR) is 82.8 cm³/mol. The summed E-state index contributed by atoms with van der Waals surface area (Å²) in [5, 5.41) is 8.54. The van der Waals surface area contributed by atoms with Crippen molar-refractivity contribution in [3.05, 3.63) is 47.5 Å². The van der Waals surface area contributed by atoms with Gasteiger partial charge in [-0.1, -0.05) is 64.1 Å². The lowest BCUT2D eigenvalue weighted by Crippen LogP contribution is -2.32. The predicted octanol–water partition coefficient (Wildman–Crippen LogP) is 4.86. The van der Waals surface area contributed by atoms with Crippen LogP contribution in [0.1, 0.15) is 45.2 Å². The van der Waals surface area contributed by atoms with Gasteiger partial charge in [-0.05, 0) is 35.3 Å². The van der Waals surface area contributed by atoms with Gasteiger partial charge in [-0.2, -0.15) is 0 Å². The zero-order chi connectivity index (χ0) is 14.2. The minimum atomic E-state index is 0.217. The maximum Gasteiger partial charge on any atom is 0.0463 e. The molecule has 0 amide bonds. The van der Waals surface area contributed by atoms with Gasteiger partial charge in [-0.3, -0.25) is 0 Å². The molecule has 2 unspecified atom stereocenters. The monoisotopic (exact) mass is 255 g/mol. The number of hydrogen-bond acceptors (Lipinski definition) is 1. The van der Waals surface area contributed by atoms with Crippen molar-refractivity contribution < 1.29 is 0 Å². The Morgan fingerprint density at radius 3 is 2.58 bits per heavy atom. The van der Waals surface area contributed by atoms with Crippen LogP contribution in [0.3, 0.4) is 0 Å². The molecule has 0 saturated carbocycles. The average Bonchev–Trinajstić information content (AvgIpc) is 2.26. The van der Waals surface area contributed by atoms with Crippen LogP contribution >= 0.6 is 0 Å². The van der Waals surface area contributed by atoms with E-state index in [4.69, 9.17) is 5.41 Å². The highest BCUT2D eigenvalue weighted by Gasteiger charge is 2.32. The van der Waals surface area contributed by atoms with Crippen LogP contribution in [-0.2, 0) is 6.42 Å². The van der Waals surface area contributed by atoms with Gasteiger partial charge in [0.1, 0.15) is 0 Å². The van der Waals surface area contributed by atoms with Crippen LogP contribution in [-0.4, -0.2) is 5.71 Å². The molecule has 0 heterocycles. The van der Waals surface area contributed by atoms with Crippen LogP contribution < -0.4 is 0 Å². The van der Waals surface area contributed by atoms with E-state index in [1.165, 1.54) is 11.1 Å². The largest absolute Gasteiger partial charge is 0.304 e. The first-order valence-electron chi connectivity index (χ1n) is 7.14. The maximum atomic E-state index is 8.54. The van der Waals surface area contributed by atoms with Gasteiger partial charge in [0.05, 0.1) is 0 Å². The topological polar surface area (TPSA) is 23.9 Å². The Kier molecular flexibility index (Phi) is 3.66. The summed E-state index contributed by atoms with van der Waals surface area (Å²) in [4.78, 5) is 0. The summed E-state index contributed by atoms with van der Waals surface area (Å²) < 4.78 is 0. The summed E-state index contributed by atoms with van der Waals surface area (Å²) in [6.07, 6.45) is 2.05. The molecule has 2 rings (SSSR count). The highest BCUT2D eigenvalue weighted by molar-refractivity contribution is 6.03. The molecule has 1 aromatic carbocycles. The van der Waals surface area contributed by atoms with Crippen molar-refractivity contribution in [3.63, 3.8) is 0 Å². The number of fused-ring (bicyclic) bond motifs is 1. The van der Waals surface area contributed by atoms with E-state index < -0.39 is 0 Å². The van der Waals surface area contributed by atoms with Crippen LogP contribution in [0.2, 0.25) is 0 Å². The molecule has 1 aliphatic rings. The summed E-state index contributed by atoms with van der Waals surface area (Å²) in [5.41, 5.74) is 4.68. The molecule has 0 bridgehead atoms. The minimum absolute atomic E-state index is 0.217. The fourth-order valence-electron chi connectivity index (χ4n) is 3.28. The van der Waals surface area contributed by atoms with Gasteiger partial charge in [-0.25, -0.2) is 0 Å². The Labute approximate surface area is 117 Å². The molecule has 0 saturated heterocycles. The molecule has 0 spiro atoms. The average molecular weight is 255 g/mol. The normalized spacial score (nSPS) is 23.1. The van der Waals surface area contributed by atoms with E-state index in [0.717, 1.165) is 24.1 Å². The Morgan fingerprint density at radius 2 is 1.95 bits per heavy atom. The standard InChI is InChI=1S/C18H25N/c1-12-10-14-8-6-7-9-15(14)17(19)16(12)13(2)11-18(3,4)5/h6-9,12,16,19H,2,10-11H2,1,3-5H3. The van der Waals surface area contributed by atoms with E-state index in [9.17, 15) is 0 Å². The smallest absolute Gasteiger partial charge is 0.0463 e. The lowest BCUT2D eigenvalue weighted by molar-refractivity contribution is 0.376. The summed E-state index contributed by atoms with van der Waals surface area (Å²) in [7, 11) is 0. The Hall–Kier alpha value is -1.37. The van der Waals surface area contributed by atoms with Gasteiger partial charge >= 0.3 is 0 Å². The van der Waals surface area contributed by atoms with Crippen molar-refractivity contribution in [2.45, 2.75) is 40.5 Å². The van der Waals surface area contributed by atoms with E-state index >= 15 is 0 Å². The summed E-state index contributed by atoms with van der Waals surface area (Å²) in [6, 6.07) is 8.35. The molecule has 2 atom stereocenters. The highest BCUT2D eigenvalue weighted by Crippen LogP contribution is 2.38. The van der Waals surface area contributed by atoms with Crippen molar-refractivity contribution in [2.75, 3.05) is 0 Å². The van der Waals surface area contributed by atoms with Crippen molar-refractivity contribution in [3.8, 4) is 0 Å². The first-order valence-corrected chi connectivity index (χ1v) is 7.14. The molecule has 19 heavy (non-hydrogen) atoms. The van der Waals surface area contributed by atoms with Crippen LogP contribution in [0, 0.1) is 22.7 Å². The van der Waals surface area contributed by atoms with Gasteiger partial charge in [0, 0.05) is 11.6 Å². The Bertz CT molecular complexity index is 505. The van der Waals surface area contributed by atoms with Crippen LogP contribution in [0.4, 0.5) is 0 Å². The fraction of sp³-hybridized carbons (Fsp3) is 0.500. The van der Waals surface area contributed by atoms with E-state index in [2.05, 4.69) is 52.5 Å². The van der Waals surface area contributed by atoms with Gasteiger partial charge in [0.15, 0.2) is 0 Å². The van der Waals surface area contributed by atoms with Gasteiger partial charge < -0.3 is 5.41 Å². The third kappa shape index (κ3) is 2.97. The second-order valence-electron chi connectivity index (χ2n) is 7.13. The van der Waals surface area contributed by atoms with E-state index in [1.54, 1.807) is 0 Å². The molecule has 0 radical (unpaired) electrons. The highest BCUT2D eigenvalue weighted by atomic mass is 14.5. The number of nitrogens with one attached hydrogen (secondary N) is 1. The summed E-state index contributed by atoms with van der Waals surface area (Å²) >= 11 is 0. The molecule has 1 aromatic rings. The summed E-state index contributed by atoms with van der Waals surface area (Å²) in [5.74, 6) is 0.700. The zero-order valence-electron chi connectivity index (χ0n) is 12.6. The Morgan fingerprint density at radius 1 is 1.32 bits per heavy atom. The van der Waals surface area contributed by atoms with Crippen molar-refractivity contribution in [2.24, 2.45) is 17.3 Å². The SMILES string of the molecule is C=C(CC(C)(C)C)C1C(=N)c2ccccc2CC1C. The van der Waals surface area contributed by atoms with Gasteiger partial charge in [-0.15, -0.1) is 0 Å².